The van der Waals surface area contributed by atoms with Crippen LogP contribution in [0, 0.1) is 0 Å². The first kappa shape index (κ1) is 9.37. The van der Waals surface area contributed by atoms with Crippen molar-refractivity contribution in [3.05, 3.63) is 11.4 Å². The predicted octanol–water partition coefficient (Wildman–Crippen LogP) is 0.758. The smallest absolute Gasteiger partial charge is 0.304 e. The van der Waals surface area contributed by atoms with Crippen LogP contribution >= 0.6 is 0 Å². The molecule has 0 amide bonds. The van der Waals surface area contributed by atoms with Gasteiger partial charge in [0.05, 0.1) is 6.54 Å². The average Bonchev–Trinajstić information content (AvgIpc) is 2.12. The fourth-order valence-electron chi connectivity index (χ4n) is 2.17. The number of carbonyl (C=O) groups excluding carboxylic acids is 1. The summed E-state index contributed by atoms with van der Waals surface area (Å²) in [4.78, 5) is 15.4. The van der Waals surface area contributed by atoms with E-state index in [0.717, 1.165) is 19.6 Å². The second-order valence-corrected chi connectivity index (χ2v) is 3.87. The normalized spacial score (nSPS) is 25.8. The van der Waals surface area contributed by atoms with Gasteiger partial charge in [-0.05, 0) is 13.8 Å². The Hall–Kier alpha value is -1.19. The van der Waals surface area contributed by atoms with Crippen LogP contribution in [0.2, 0.25) is 0 Å². The topological polar surface area (TPSA) is 32.8 Å². The van der Waals surface area contributed by atoms with Crippen molar-refractivity contribution in [2.45, 2.75) is 27.0 Å². The van der Waals surface area contributed by atoms with E-state index >= 15 is 0 Å². The van der Waals surface area contributed by atoms with Crippen LogP contribution < -0.4 is 0 Å². The minimum absolute atomic E-state index is 0.0788. The Labute approximate surface area is 84.1 Å². The molecule has 0 aromatic heterocycles. The number of nitrogens with zero attached hydrogens (tertiary/aromatic N) is 2. The highest BCUT2D eigenvalue weighted by molar-refractivity contribution is 5.66. The van der Waals surface area contributed by atoms with Gasteiger partial charge in [0.15, 0.2) is 6.23 Å². The number of fused-ring (bicyclic) bond motifs is 2. The summed E-state index contributed by atoms with van der Waals surface area (Å²) in [7, 11) is 0. The lowest BCUT2D eigenvalue weighted by molar-refractivity contribution is -0.161. The maximum Gasteiger partial charge on any atom is 0.304 e. The van der Waals surface area contributed by atoms with Gasteiger partial charge in [0.1, 0.15) is 0 Å². The van der Waals surface area contributed by atoms with Gasteiger partial charge in [-0.25, -0.2) is 0 Å². The van der Waals surface area contributed by atoms with E-state index in [0.29, 0.717) is 0 Å². The molecule has 0 N–H and O–H groups in total. The third kappa shape index (κ3) is 1.35. The van der Waals surface area contributed by atoms with Crippen molar-refractivity contribution in [1.29, 1.82) is 0 Å². The van der Waals surface area contributed by atoms with Crippen LogP contribution in [0.1, 0.15) is 20.8 Å². The van der Waals surface area contributed by atoms with Gasteiger partial charge in [-0.2, -0.15) is 0 Å². The molecule has 0 aromatic carbocycles. The van der Waals surface area contributed by atoms with Gasteiger partial charge in [-0.3, -0.25) is 4.79 Å². The predicted molar refractivity (Wildman–Crippen MR) is 52.2 cm³/mol. The highest BCUT2D eigenvalue weighted by Crippen LogP contribution is 2.28. The zero-order valence-electron chi connectivity index (χ0n) is 8.91. The van der Waals surface area contributed by atoms with Crippen molar-refractivity contribution in [3.63, 3.8) is 0 Å². The first-order valence-corrected chi connectivity index (χ1v) is 4.96. The zero-order chi connectivity index (χ0) is 10.3. The molecule has 0 radical (unpaired) electrons. The molecule has 3 heterocycles. The number of carbonyl (C=O) groups is 1. The van der Waals surface area contributed by atoms with Crippen LogP contribution in [-0.4, -0.2) is 41.6 Å². The Bertz CT molecular complexity index is 298. The largest absolute Gasteiger partial charge is 0.440 e. The summed E-state index contributed by atoms with van der Waals surface area (Å²) in [5, 5.41) is 0. The van der Waals surface area contributed by atoms with Crippen LogP contribution in [0.3, 0.4) is 0 Å². The number of allylic oxidation sites excluding steroid dienone is 2. The van der Waals surface area contributed by atoms with Crippen molar-refractivity contribution in [3.8, 4) is 0 Å². The molecule has 0 saturated carbocycles. The fourth-order valence-corrected chi connectivity index (χ4v) is 2.17. The standard InChI is InChI=1S/C10H16N2O2/c1-7-8(2)12-5-4-11(7)6-10(12)14-9(3)13/h10H,4-6H2,1-3H3. The van der Waals surface area contributed by atoms with E-state index in [-0.39, 0.29) is 12.2 Å². The van der Waals surface area contributed by atoms with E-state index in [9.17, 15) is 4.79 Å². The SMILES string of the molecule is CC(=O)OC1CN2CCN1C(C)=C2C. The Morgan fingerprint density at radius 3 is 2.64 bits per heavy atom. The summed E-state index contributed by atoms with van der Waals surface area (Å²) >= 11 is 0. The molecule has 4 nitrogen and oxygen atoms in total. The third-order valence-electron chi connectivity index (χ3n) is 3.07. The molecule has 3 aliphatic rings. The maximum absolute atomic E-state index is 10.9. The van der Waals surface area contributed by atoms with Crippen LogP contribution in [0.25, 0.3) is 0 Å². The fraction of sp³-hybridized carbons (Fsp3) is 0.700. The first-order valence-electron chi connectivity index (χ1n) is 4.96. The van der Waals surface area contributed by atoms with E-state index in [4.69, 9.17) is 4.74 Å². The summed E-state index contributed by atoms with van der Waals surface area (Å²) in [6.45, 7) is 8.47. The van der Waals surface area contributed by atoms with E-state index in [2.05, 4.69) is 23.6 Å². The van der Waals surface area contributed by atoms with Crippen LogP contribution in [0.4, 0.5) is 0 Å². The van der Waals surface area contributed by atoms with Gasteiger partial charge in [-0.1, -0.05) is 0 Å². The molecule has 1 fully saturated rings. The Kier molecular flexibility index (Phi) is 2.13. The lowest BCUT2D eigenvalue weighted by Crippen LogP contribution is -2.57. The molecule has 3 aliphatic heterocycles. The van der Waals surface area contributed by atoms with E-state index in [1.54, 1.807) is 0 Å². The van der Waals surface area contributed by atoms with Crippen molar-refractivity contribution in [2.75, 3.05) is 19.6 Å². The molecule has 0 aliphatic carbocycles. The number of ether oxygens (including phenoxy) is 1. The molecule has 0 aromatic rings. The Morgan fingerprint density at radius 2 is 2.07 bits per heavy atom. The molecule has 1 atom stereocenters. The first-order chi connectivity index (χ1) is 6.59. The Balaban J connectivity index is 2.17. The van der Waals surface area contributed by atoms with Crippen molar-refractivity contribution >= 4 is 5.97 Å². The quantitative estimate of drug-likeness (QED) is 0.580. The highest BCUT2D eigenvalue weighted by Gasteiger charge is 2.35. The molecule has 4 heteroatoms. The molecular weight excluding hydrogens is 180 g/mol. The molecule has 2 bridgehead atoms. The molecule has 14 heavy (non-hydrogen) atoms. The summed E-state index contributed by atoms with van der Waals surface area (Å²) in [5.74, 6) is -0.200. The number of piperazine rings is 1. The number of rotatable bonds is 1. The number of hydrogen-bond donors (Lipinski definition) is 0. The van der Waals surface area contributed by atoms with Gasteiger partial charge in [0.25, 0.3) is 0 Å². The average molecular weight is 196 g/mol. The number of esters is 1. The van der Waals surface area contributed by atoms with Gasteiger partial charge >= 0.3 is 5.97 Å². The van der Waals surface area contributed by atoms with Gasteiger partial charge < -0.3 is 14.5 Å². The second kappa shape index (κ2) is 3.19. The van der Waals surface area contributed by atoms with Gasteiger partial charge in [-0.15, -0.1) is 0 Å². The van der Waals surface area contributed by atoms with E-state index in [1.165, 1.54) is 18.3 Å². The van der Waals surface area contributed by atoms with Crippen molar-refractivity contribution in [1.82, 2.24) is 9.80 Å². The van der Waals surface area contributed by atoms with Gasteiger partial charge in [0.2, 0.25) is 0 Å². The van der Waals surface area contributed by atoms with E-state index in [1.807, 2.05) is 0 Å². The highest BCUT2D eigenvalue weighted by atomic mass is 16.6. The monoisotopic (exact) mass is 196 g/mol. The molecule has 3 rings (SSSR count). The second-order valence-electron chi connectivity index (χ2n) is 3.87. The molecule has 1 unspecified atom stereocenters. The van der Waals surface area contributed by atoms with Crippen molar-refractivity contribution in [2.24, 2.45) is 0 Å². The lowest BCUT2D eigenvalue weighted by atomic mass is 10.1. The van der Waals surface area contributed by atoms with E-state index < -0.39 is 0 Å². The van der Waals surface area contributed by atoms with Crippen LogP contribution in [0.15, 0.2) is 11.4 Å². The molecule has 0 spiro atoms. The van der Waals surface area contributed by atoms with Crippen molar-refractivity contribution < 1.29 is 9.53 Å². The Morgan fingerprint density at radius 1 is 1.36 bits per heavy atom. The minimum atomic E-state index is -0.200. The third-order valence-corrected chi connectivity index (χ3v) is 3.07. The summed E-state index contributed by atoms with van der Waals surface area (Å²) in [5.41, 5.74) is 2.54. The van der Waals surface area contributed by atoms with Crippen LogP contribution in [-0.2, 0) is 9.53 Å². The molecule has 1 saturated heterocycles. The lowest BCUT2D eigenvalue weighted by Gasteiger charge is -2.49. The van der Waals surface area contributed by atoms with Gasteiger partial charge in [0, 0.05) is 31.4 Å². The summed E-state index contributed by atoms with van der Waals surface area (Å²) in [6.07, 6.45) is -0.0788. The maximum atomic E-state index is 10.9. The summed E-state index contributed by atoms with van der Waals surface area (Å²) in [6, 6.07) is 0. The molecule has 78 valence electrons. The van der Waals surface area contributed by atoms with Crippen LogP contribution in [0.5, 0.6) is 0 Å². The number of hydrogen-bond acceptors (Lipinski definition) is 4. The zero-order valence-corrected chi connectivity index (χ0v) is 8.91. The summed E-state index contributed by atoms with van der Waals surface area (Å²) < 4.78 is 5.26. The minimum Gasteiger partial charge on any atom is -0.440 e. The molecular formula is C10H16N2O2.